The van der Waals surface area contributed by atoms with Crippen molar-refractivity contribution < 1.29 is 14.3 Å². The summed E-state index contributed by atoms with van der Waals surface area (Å²) in [5.41, 5.74) is 4.51. The monoisotopic (exact) mass is 492 g/mol. The molecule has 1 aliphatic rings. The fraction of sp³-hybridized carbons (Fsp3) is 0.407. The van der Waals surface area contributed by atoms with E-state index in [1.165, 1.54) is 5.01 Å². The summed E-state index contributed by atoms with van der Waals surface area (Å²) in [5, 5.41) is 4.44. The molecule has 2 heterocycles. The zero-order valence-corrected chi connectivity index (χ0v) is 22.1. The molecule has 1 atom stereocenters. The maximum absolute atomic E-state index is 12.9. The van der Waals surface area contributed by atoms with E-state index >= 15 is 0 Å². The molecule has 0 aliphatic carbocycles. The summed E-state index contributed by atoms with van der Waals surface area (Å²) in [5.74, 6) is 1.57. The fourth-order valence-corrected chi connectivity index (χ4v) is 3.77. The Hall–Kier alpha value is -3.88. The lowest BCUT2D eigenvalue weighted by atomic mass is 10.1. The summed E-state index contributed by atoms with van der Waals surface area (Å²) < 4.78 is 7.41. The zero-order valence-electron chi connectivity index (χ0n) is 22.1. The lowest BCUT2D eigenvalue weighted by molar-refractivity contribution is -0.126. The van der Waals surface area contributed by atoms with Gasteiger partial charge in [-0.1, -0.05) is 50.3 Å². The topological polar surface area (TPSA) is 101 Å². The molecule has 0 bridgehead atoms. The van der Waals surface area contributed by atoms with Crippen molar-refractivity contribution in [3.8, 4) is 11.4 Å². The number of aromatic nitrogens is 2. The molecule has 0 saturated carbocycles. The van der Waals surface area contributed by atoms with Crippen molar-refractivity contribution in [2.45, 2.75) is 73.0 Å². The van der Waals surface area contributed by atoms with Gasteiger partial charge >= 0.3 is 6.09 Å². The number of rotatable bonds is 6. The molecule has 36 heavy (non-hydrogen) atoms. The van der Waals surface area contributed by atoms with Gasteiger partial charge in [0.05, 0.1) is 5.70 Å². The minimum Gasteiger partial charge on any atom is -0.443 e. The molecule has 3 rings (SSSR count). The van der Waals surface area contributed by atoms with Crippen molar-refractivity contribution in [3.05, 3.63) is 60.1 Å². The van der Waals surface area contributed by atoms with Crippen LogP contribution in [0.15, 0.2) is 65.1 Å². The third-order valence-corrected chi connectivity index (χ3v) is 5.65. The summed E-state index contributed by atoms with van der Waals surface area (Å²) in [7, 11) is 0. The Balaban J connectivity index is 2.17. The van der Waals surface area contributed by atoms with Crippen LogP contribution in [0.3, 0.4) is 0 Å². The Kier molecular flexibility index (Phi) is 8.34. The molecular formula is C27H36N6O3. The van der Waals surface area contributed by atoms with E-state index in [9.17, 15) is 9.59 Å². The van der Waals surface area contributed by atoms with Gasteiger partial charge in [-0.2, -0.15) is 0 Å². The van der Waals surface area contributed by atoms with Crippen LogP contribution in [-0.4, -0.2) is 44.0 Å². The van der Waals surface area contributed by atoms with Gasteiger partial charge in [0, 0.05) is 18.0 Å². The van der Waals surface area contributed by atoms with Crippen LogP contribution >= 0.6 is 0 Å². The summed E-state index contributed by atoms with van der Waals surface area (Å²) in [6.07, 6.45) is 5.88. The maximum atomic E-state index is 12.9. The molecule has 2 N–H and O–H groups in total. The second kappa shape index (κ2) is 11.2. The van der Waals surface area contributed by atoms with Gasteiger partial charge in [-0.15, -0.1) is 0 Å². The summed E-state index contributed by atoms with van der Waals surface area (Å²) in [6.45, 7) is 13.1. The number of nitrogens with one attached hydrogen (secondary N) is 2. The molecule has 1 unspecified atom stereocenters. The van der Waals surface area contributed by atoms with Gasteiger partial charge in [-0.05, 0) is 53.0 Å². The molecule has 2 amide bonds. The van der Waals surface area contributed by atoms with Crippen molar-refractivity contribution >= 4 is 23.7 Å². The number of imidazole rings is 1. The molecule has 9 nitrogen and oxygen atoms in total. The van der Waals surface area contributed by atoms with Crippen LogP contribution in [0, 0.1) is 0 Å². The highest BCUT2D eigenvalue weighted by molar-refractivity contribution is 6.09. The molecule has 0 spiro atoms. The number of carbonyl (C=O) groups is 2. The van der Waals surface area contributed by atoms with Crippen LogP contribution in [0.4, 0.5) is 4.79 Å². The molecule has 1 aromatic carbocycles. The van der Waals surface area contributed by atoms with Crippen LogP contribution < -0.4 is 10.7 Å². The van der Waals surface area contributed by atoms with Gasteiger partial charge in [0.1, 0.15) is 23.3 Å². The van der Waals surface area contributed by atoms with Crippen molar-refractivity contribution in [2.75, 3.05) is 0 Å². The molecule has 1 aromatic heterocycles. The largest absolute Gasteiger partial charge is 0.443 e. The second-order valence-corrected chi connectivity index (χ2v) is 9.48. The molecule has 1 aliphatic heterocycles. The van der Waals surface area contributed by atoms with Crippen molar-refractivity contribution in [2.24, 2.45) is 4.99 Å². The van der Waals surface area contributed by atoms with Gasteiger partial charge in [0.25, 0.3) is 0 Å². The summed E-state index contributed by atoms with van der Waals surface area (Å²) in [4.78, 5) is 35.3. The van der Waals surface area contributed by atoms with E-state index in [1.807, 2.05) is 61.9 Å². The number of amides is 2. The molecular weight excluding hydrogens is 456 g/mol. The number of benzene rings is 1. The molecule has 1 saturated heterocycles. The van der Waals surface area contributed by atoms with Crippen LogP contribution in [0.1, 0.15) is 61.3 Å². The SMILES string of the molecule is C/C=C1/NC(=O)C(CC)N(NC(=O)OC(C)(C)C)/C1=N\C(=C(/C)CC)n1ccnc1-c1ccccc1. The van der Waals surface area contributed by atoms with Crippen LogP contribution in [0.5, 0.6) is 0 Å². The van der Waals surface area contributed by atoms with Crippen LogP contribution in [0.25, 0.3) is 17.2 Å². The predicted octanol–water partition coefficient (Wildman–Crippen LogP) is 5.10. The summed E-state index contributed by atoms with van der Waals surface area (Å²) >= 11 is 0. The Morgan fingerprint density at radius 2 is 1.94 bits per heavy atom. The van der Waals surface area contributed by atoms with E-state index in [0.29, 0.717) is 23.8 Å². The number of carbonyl (C=O) groups excluding carboxylic acids is 2. The van der Waals surface area contributed by atoms with Crippen molar-refractivity contribution in [3.63, 3.8) is 0 Å². The van der Waals surface area contributed by atoms with Gasteiger partial charge in [0.15, 0.2) is 5.84 Å². The average molecular weight is 493 g/mol. The molecule has 192 valence electrons. The minimum atomic E-state index is -0.699. The highest BCUT2D eigenvalue weighted by Gasteiger charge is 2.37. The van der Waals surface area contributed by atoms with E-state index in [2.05, 4.69) is 22.7 Å². The first-order valence-electron chi connectivity index (χ1n) is 12.2. The quantitative estimate of drug-likeness (QED) is 0.584. The number of aliphatic imine (C=N–C) groups is 1. The predicted molar refractivity (Wildman–Crippen MR) is 141 cm³/mol. The zero-order chi connectivity index (χ0) is 26.5. The Morgan fingerprint density at radius 1 is 1.25 bits per heavy atom. The second-order valence-electron chi connectivity index (χ2n) is 9.48. The van der Waals surface area contributed by atoms with Gasteiger partial charge in [-0.25, -0.2) is 20.2 Å². The number of hydrogen-bond acceptors (Lipinski definition) is 5. The van der Waals surface area contributed by atoms with Crippen molar-refractivity contribution in [1.82, 2.24) is 25.3 Å². The van der Waals surface area contributed by atoms with E-state index < -0.39 is 17.7 Å². The van der Waals surface area contributed by atoms with Crippen LogP contribution in [0.2, 0.25) is 0 Å². The molecule has 2 aromatic rings. The lowest BCUT2D eigenvalue weighted by Gasteiger charge is -2.38. The molecule has 9 heteroatoms. The van der Waals surface area contributed by atoms with Crippen molar-refractivity contribution in [1.29, 1.82) is 0 Å². The smallest absolute Gasteiger partial charge is 0.426 e. The number of amidine groups is 1. The van der Waals surface area contributed by atoms with E-state index in [-0.39, 0.29) is 5.91 Å². The first-order valence-corrected chi connectivity index (χ1v) is 12.2. The normalized spacial score (nSPS) is 19.2. The Morgan fingerprint density at radius 3 is 2.53 bits per heavy atom. The third-order valence-electron chi connectivity index (χ3n) is 5.65. The number of hydrazine groups is 1. The van der Waals surface area contributed by atoms with Crippen LogP contribution in [-0.2, 0) is 9.53 Å². The third kappa shape index (κ3) is 6.02. The maximum Gasteiger partial charge on any atom is 0.426 e. The molecule has 1 fully saturated rings. The fourth-order valence-electron chi connectivity index (χ4n) is 3.77. The number of nitrogens with zero attached hydrogens (tertiary/aromatic N) is 4. The molecule has 0 radical (unpaired) electrons. The van der Waals surface area contributed by atoms with Gasteiger partial charge in [-0.3, -0.25) is 14.4 Å². The standard InChI is InChI=1S/C27H36N6O3/c1-8-18(4)22(32-17-16-28-23(32)19-14-12-11-13-15-19)30-24-20(9-2)29-25(34)21(10-3)33(24)31-26(35)36-27(5,6)7/h9,11-17,21H,8,10H2,1-7H3,(H,29,34)(H,31,35)/b20-9+,22-18-,30-24-. The first kappa shape index (κ1) is 26.7. The average Bonchev–Trinajstić information content (AvgIpc) is 3.31. The lowest BCUT2D eigenvalue weighted by Crippen LogP contribution is -2.63. The Bertz CT molecular complexity index is 1190. The minimum absolute atomic E-state index is 0.231. The van der Waals surface area contributed by atoms with E-state index in [1.54, 1.807) is 33.0 Å². The first-order chi connectivity index (χ1) is 17.1. The number of piperazine rings is 1. The van der Waals surface area contributed by atoms with Gasteiger partial charge < -0.3 is 10.1 Å². The number of hydrogen-bond donors (Lipinski definition) is 2. The number of allylic oxidation sites excluding steroid dienone is 2. The highest BCUT2D eigenvalue weighted by atomic mass is 16.6. The highest BCUT2D eigenvalue weighted by Crippen LogP contribution is 2.26. The summed E-state index contributed by atoms with van der Waals surface area (Å²) in [6, 6.07) is 9.20. The number of ether oxygens (including phenoxy) is 1. The van der Waals surface area contributed by atoms with E-state index in [4.69, 9.17) is 9.73 Å². The Labute approximate surface area is 212 Å². The van der Waals surface area contributed by atoms with Gasteiger partial charge in [0.2, 0.25) is 5.91 Å². The van der Waals surface area contributed by atoms with E-state index in [0.717, 1.165) is 23.4 Å².